The van der Waals surface area contributed by atoms with E-state index in [-0.39, 0.29) is 17.0 Å². The number of ether oxygens (including phenoxy) is 2. The van der Waals surface area contributed by atoms with Crippen LogP contribution in [-0.4, -0.2) is 23.6 Å². The molecule has 6 nitrogen and oxygen atoms in total. The second-order valence-corrected chi connectivity index (χ2v) is 4.68. The number of nitro benzene ring substituents is 1. The monoisotopic (exact) mass is 253 g/mol. The Bertz CT molecular complexity index is 476. The summed E-state index contributed by atoms with van der Waals surface area (Å²) in [6.45, 7) is 5.17. The number of nitrogens with zero attached hydrogens (tertiary/aromatic N) is 1. The van der Waals surface area contributed by atoms with Crippen molar-refractivity contribution in [3.8, 4) is 5.75 Å². The molecule has 1 rings (SSSR count). The van der Waals surface area contributed by atoms with Gasteiger partial charge in [-0.3, -0.25) is 10.1 Å². The minimum Gasteiger partial charge on any atom is -0.496 e. The molecule has 0 heterocycles. The number of rotatable bonds is 3. The molecular formula is C12H15NO5. The van der Waals surface area contributed by atoms with Crippen LogP contribution < -0.4 is 4.74 Å². The maximum atomic E-state index is 11.8. The van der Waals surface area contributed by atoms with Crippen molar-refractivity contribution in [2.24, 2.45) is 0 Å². The van der Waals surface area contributed by atoms with E-state index in [1.165, 1.54) is 19.2 Å². The van der Waals surface area contributed by atoms with Gasteiger partial charge in [0.1, 0.15) is 11.4 Å². The Morgan fingerprint density at radius 3 is 2.33 bits per heavy atom. The van der Waals surface area contributed by atoms with Crippen molar-refractivity contribution >= 4 is 11.7 Å². The largest absolute Gasteiger partial charge is 0.496 e. The highest BCUT2D eigenvalue weighted by atomic mass is 16.6. The zero-order valence-corrected chi connectivity index (χ0v) is 10.7. The van der Waals surface area contributed by atoms with Crippen molar-refractivity contribution in [3.63, 3.8) is 0 Å². The van der Waals surface area contributed by atoms with Gasteiger partial charge >= 0.3 is 5.97 Å². The van der Waals surface area contributed by atoms with Crippen LogP contribution in [0.25, 0.3) is 0 Å². The van der Waals surface area contributed by atoms with E-state index in [1.54, 1.807) is 20.8 Å². The second kappa shape index (κ2) is 5.03. The standard InChI is InChI=1S/C12H15NO5/c1-12(2,3)18-11(14)8-5-9(13(15)16)7-10(6-8)17-4/h5-7H,1-4H3. The van der Waals surface area contributed by atoms with Crippen LogP contribution in [-0.2, 0) is 4.74 Å². The van der Waals surface area contributed by atoms with Crippen LogP contribution in [0.3, 0.4) is 0 Å². The van der Waals surface area contributed by atoms with E-state index in [4.69, 9.17) is 9.47 Å². The lowest BCUT2D eigenvalue weighted by molar-refractivity contribution is -0.385. The molecule has 0 saturated carbocycles. The van der Waals surface area contributed by atoms with Crippen LogP contribution in [0.15, 0.2) is 18.2 Å². The Labute approximate surface area is 105 Å². The topological polar surface area (TPSA) is 78.7 Å². The lowest BCUT2D eigenvalue weighted by Gasteiger charge is -2.19. The summed E-state index contributed by atoms with van der Waals surface area (Å²) in [6, 6.07) is 3.81. The summed E-state index contributed by atoms with van der Waals surface area (Å²) in [5.74, 6) is -0.380. The maximum Gasteiger partial charge on any atom is 0.339 e. The van der Waals surface area contributed by atoms with Gasteiger partial charge in [0.25, 0.3) is 5.69 Å². The maximum absolute atomic E-state index is 11.8. The van der Waals surface area contributed by atoms with Crippen LogP contribution in [0, 0.1) is 10.1 Å². The first-order chi connectivity index (χ1) is 8.23. The van der Waals surface area contributed by atoms with Gasteiger partial charge in [0.2, 0.25) is 0 Å². The number of benzene rings is 1. The average Bonchev–Trinajstić information content (AvgIpc) is 2.26. The third-order valence-electron chi connectivity index (χ3n) is 1.97. The summed E-state index contributed by atoms with van der Waals surface area (Å²) >= 11 is 0. The Balaban J connectivity index is 3.12. The van der Waals surface area contributed by atoms with Crippen LogP contribution in [0.4, 0.5) is 5.69 Å². The van der Waals surface area contributed by atoms with Crippen molar-refractivity contribution in [1.82, 2.24) is 0 Å². The minimum absolute atomic E-state index is 0.0935. The van der Waals surface area contributed by atoms with Gasteiger partial charge < -0.3 is 9.47 Å². The van der Waals surface area contributed by atoms with Crippen LogP contribution >= 0.6 is 0 Å². The second-order valence-electron chi connectivity index (χ2n) is 4.68. The lowest BCUT2D eigenvalue weighted by Crippen LogP contribution is -2.23. The van der Waals surface area contributed by atoms with E-state index in [0.29, 0.717) is 0 Å². The van der Waals surface area contributed by atoms with Crippen molar-refractivity contribution in [2.75, 3.05) is 7.11 Å². The molecule has 0 saturated heterocycles. The highest BCUT2D eigenvalue weighted by Crippen LogP contribution is 2.24. The van der Waals surface area contributed by atoms with Gasteiger partial charge in [-0.15, -0.1) is 0 Å². The molecule has 18 heavy (non-hydrogen) atoms. The van der Waals surface area contributed by atoms with Crippen molar-refractivity contribution in [3.05, 3.63) is 33.9 Å². The molecule has 0 aliphatic carbocycles. The zero-order valence-electron chi connectivity index (χ0n) is 10.7. The number of carbonyl (C=O) groups is 1. The summed E-state index contributed by atoms with van der Waals surface area (Å²) < 4.78 is 10.1. The molecule has 0 atom stereocenters. The van der Waals surface area contributed by atoms with Crippen LogP contribution in [0.1, 0.15) is 31.1 Å². The Kier molecular flexibility index (Phi) is 3.90. The third-order valence-corrected chi connectivity index (χ3v) is 1.97. The number of nitro groups is 1. The van der Waals surface area contributed by atoms with E-state index < -0.39 is 16.5 Å². The first-order valence-corrected chi connectivity index (χ1v) is 5.30. The molecule has 0 N–H and O–H groups in total. The van der Waals surface area contributed by atoms with Gasteiger partial charge in [0.15, 0.2) is 0 Å². The number of non-ortho nitro benzene ring substituents is 1. The predicted octanol–water partition coefficient (Wildman–Crippen LogP) is 2.56. The summed E-state index contributed by atoms with van der Waals surface area (Å²) in [5.41, 5.74) is -0.777. The molecular weight excluding hydrogens is 238 g/mol. The molecule has 6 heteroatoms. The summed E-state index contributed by atoms with van der Waals surface area (Å²) in [5, 5.41) is 10.7. The summed E-state index contributed by atoms with van der Waals surface area (Å²) in [6.07, 6.45) is 0. The number of methoxy groups -OCH3 is 1. The number of esters is 1. The highest BCUT2D eigenvalue weighted by Gasteiger charge is 2.21. The predicted molar refractivity (Wildman–Crippen MR) is 64.8 cm³/mol. The molecule has 0 aromatic heterocycles. The fraction of sp³-hybridized carbons (Fsp3) is 0.417. The van der Waals surface area contributed by atoms with E-state index in [9.17, 15) is 14.9 Å². The molecule has 0 unspecified atom stereocenters. The van der Waals surface area contributed by atoms with Gasteiger partial charge in [0, 0.05) is 6.07 Å². The first-order valence-electron chi connectivity index (χ1n) is 5.30. The molecule has 98 valence electrons. The van der Waals surface area contributed by atoms with Gasteiger partial charge in [-0.1, -0.05) is 0 Å². The van der Waals surface area contributed by atoms with E-state index >= 15 is 0 Å². The summed E-state index contributed by atoms with van der Waals surface area (Å²) in [7, 11) is 1.37. The van der Waals surface area contributed by atoms with Gasteiger partial charge in [-0.25, -0.2) is 4.79 Å². The number of hydrogen-bond donors (Lipinski definition) is 0. The van der Waals surface area contributed by atoms with Gasteiger partial charge in [-0.05, 0) is 26.8 Å². The van der Waals surface area contributed by atoms with Gasteiger partial charge in [-0.2, -0.15) is 0 Å². The molecule has 1 aromatic carbocycles. The van der Waals surface area contributed by atoms with Crippen molar-refractivity contribution in [2.45, 2.75) is 26.4 Å². The normalized spacial score (nSPS) is 10.9. The Morgan fingerprint density at radius 1 is 1.28 bits per heavy atom. The molecule has 0 aliphatic rings. The smallest absolute Gasteiger partial charge is 0.339 e. The third kappa shape index (κ3) is 3.73. The van der Waals surface area contributed by atoms with Crippen molar-refractivity contribution in [1.29, 1.82) is 0 Å². The molecule has 0 aliphatic heterocycles. The molecule has 0 spiro atoms. The van der Waals surface area contributed by atoms with Crippen LogP contribution in [0.2, 0.25) is 0 Å². The Hall–Kier alpha value is -2.11. The zero-order chi connectivity index (χ0) is 13.9. The van der Waals surface area contributed by atoms with Crippen LogP contribution in [0.5, 0.6) is 5.75 Å². The summed E-state index contributed by atoms with van der Waals surface area (Å²) in [4.78, 5) is 21.9. The molecule has 0 amide bonds. The number of hydrogen-bond acceptors (Lipinski definition) is 5. The van der Waals surface area contributed by atoms with Gasteiger partial charge in [0.05, 0.1) is 23.7 Å². The molecule has 0 radical (unpaired) electrons. The average molecular weight is 253 g/mol. The molecule has 0 fully saturated rings. The van der Waals surface area contributed by atoms with E-state index in [2.05, 4.69) is 0 Å². The highest BCUT2D eigenvalue weighted by molar-refractivity contribution is 5.91. The Morgan fingerprint density at radius 2 is 1.89 bits per heavy atom. The molecule has 1 aromatic rings. The fourth-order valence-electron chi connectivity index (χ4n) is 1.26. The van der Waals surface area contributed by atoms with Crippen molar-refractivity contribution < 1.29 is 19.2 Å². The minimum atomic E-state index is -0.658. The molecule has 0 bridgehead atoms. The fourth-order valence-corrected chi connectivity index (χ4v) is 1.26. The van der Waals surface area contributed by atoms with E-state index in [1.807, 2.05) is 0 Å². The quantitative estimate of drug-likeness (QED) is 0.470. The first kappa shape index (κ1) is 14.0. The number of carbonyl (C=O) groups excluding carboxylic acids is 1. The van der Waals surface area contributed by atoms with E-state index in [0.717, 1.165) is 6.07 Å². The SMILES string of the molecule is COc1cc(C(=O)OC(C)(C)C)cc([N+](=O)[O-])c1. The lowest BCUT2D eigenvalue weighted by atomic mass is 10.1.